The molecule has 1 fully saturated rings. The summed E-state index contributed by atoms with van der Waals surface area (Å²) in [5.74, 6) is 1.76. The molecule has 160 valence electrons. The van der Waals surface area contributed by atoms with Gasteiger partial charge in [0.05, 0.1) is 6.61 Å². The van der Waals surface area contributed by atoms with Crippen LogP contribution in [0.5, 0.6) is 11.5 Å². The van der Waals surface area contributed by atoms with Crippen LogP contribution in [-0.2, 0) is 12.0 Å². The van der Waals surface area contributed by atoms with E-state index in [1.165, 1.54) is 16.8 Å². The Kier molecular flexibility index (Phi) is 5.66. The highest BCUT2D eigenvalue weighted by molar-refractivity contribution is 5.63. The second-order valence-electron chi connectivity index (χ2n) is 8.78. The van der Waals surface area contributed by atoms with Crippen LogP contribution in [-0.4, -0.2) is 42.8 Å². The van der Waals surface area contributed by atoms with E-state index >= 15 is 0 Å². The van der Waals surface area contributed by atoms with Crippen molar-refractivity contribution >= 4 is 5.69 Å². The van der Waals surface area contributed by atoms with Crippen LogP contribution < -0.4 is 9.64 Å². The molecule has 3 aromatic rings. The molecule has 4 heteroatoms. The van der Waals surface area contributed by atoms with E-state index in [2.05, 4.69) is 52.3 Å². The van der Waals surface area contributed by atoms with Gasteiger partial charge in [0.2, 0.25) is 0 Å². The Hall–Kier alpha value is -2.82. The summed E-state index contributed by atoms with van der Waals surface area (Å²) in [4.78, 5) is 4.93. The van der Waals surface area contributed by atoms with Crippen LogP contribution >= 0.6 is 0 Å². The van der Waals surface area contributed by atoms with Gasteiger partial charge in [0.1, 0.15) is 11.5 Å². The fourth-order valence-electron chi connectivity index (χ4n) is 5.21. The van der Waals surface area contributed by atoms with Crippen LogP contribution in [0.3, 0.4) is 0 Å². The number of hydrogen-bond donors (Lipinski definition) is 1. The van der Waals surface area contributed by atoms with Crippen molar-refractivity contribution in [2.45, 2.75) is 24.8 Å². The number of fused-ring (bicyclic) bond motifs is 2. The number of piperidine rings is 1. The van der Waals surface area contributed by atoms with Gasteiger partial charge in [0.25, 0.3) is 0 Å². The lowest BCUT2D eigenvalue weighted by Gasteiger charge is -2.40. The van der Waals surface area contributed by atoms with Gasteiger partial charge in [-0.25, -0.2) is 0 Å². The Morgan fingerprint density at radius 1 is 0.839 bits per heavy atom. The minimum Gasteiger partial charge on any atom is -0.457 e. The standard InChI is InChI=1S/C27H30N2O2/c30-18-17-29-21-27(25-11-4-5-12-26(25)29)13-15-28(16-14-27)20-22-7-6-10-24(19-22)31-23-8-2-1-3-9-23/h1-12,19,30H,13-18,20-21H2. The molecule has 0 aliphatic carbocycles. The smallest absolute Gasteiger partial charge is 0.127 e. The Morgan fingerprint density at radius 2 is 1.58 bits per heavy atom. The molecule has 1 N–H and O–H groups in total. The van der Waals surface area contributed by atoms with Crippen LogP contribution in [0.15, 0.2) is 78.9 Å². The number of likely N-dealkylation sites (tertiary alicyclic amines) is 1. The minimum absolute atomic E-state index is 0.206. The van der Waals surface area contributed by atoms with E-state index in [-0.39, 0.29) is 12.0 Å². The molecule has 2 aliphatic rings. The Labute approximate surface area is 184 Å². The maximum absolute atomic E-state index is 9.50. The largest absolute Gasteiger partial charge is 0.457 e. The van der Waals surface area contributed by atoms with Crippen molar-refractivity contribution in [2.75, 3.05) is 37.7 Å². The second-order valence-corrected chi connectivity index (χ2v) is 8.78. The molecule has 2 aliphatic heterocycles. The maximum atomic E-state index is 9.50. The number of nitrogens with zero attached hydrogens (tertiary/aromatic N) is 2. The molecular formula is C27H30N2O2. The summed E-state index contributed by atoms with van der Waals surface area (Å²) in [5.41, 5.74) is 4.30. The predicted octanol–water partition coefficient (Wildman–Crippen LogP) is 4.83. The first-order valence-corrected chi connectivity index (χ1v) is 11.3. The highest BCUT2D eigenvalue weighted by Crippen LogP contribution is 2.46. The molecule has 0 saturated carbocycles. The third-order valence-electron chi connectivity index (χ3n) is 6.78. The van der Waals surface area contributed by atoms with E-state index in [0.717, 1.165) is 57.1 Å². The molecule has 0 aromatic heterocycles. The summed E-state index contributed by atoms with van der Waals surface area (Å²) < 4.78 is 6.01. The van der Waals surface area contributed by atoms with Crippen molar-refractivity contribution in [3.8, 4) is 11.5 Å². The first-order valence-electron chi connectivity index (χ1n) is 11.3. The zero-order chi connectivity index (χ0) is 21.1. The average molecular weight is 415 g/mol. The van der Waals surface area contributed by atoms with Crippen LogP contribution in [0.2, 0.25) is 0 Å². The fourth-order valence-corrected chi connectivity index (χ4v) is 5.21. The zero-order valence-electron chi connectivity index (χ0n) is 17.9. The van der Waals surface area contributed by atoms with E-state index in [1.54, 1.807) is 0 Å². The van der Waals surface area contributed by atoms with E-state index < -0.39 is 0 Å². The Balaban J connectivity index is 1.24. The molecule has 0 bridgehead atoms. The van der Waals surface area contributed by atoms with Crippen molar-refractivity contribution in [1.29, 1.82) is 0 Å². The third kappa shape index (κ3) is 4.18. The van der Waals surface area contributed by atoms with E-state index in [0.29, 0.717) is 0 Å². The molecule has 0 atom stereocenters. The summed E-state index contributed by atoms with van der Waals surface area (Å²) in [6, 6.07) is 27.2. The van der Waals surface area contributed by atoms with Gasteiger partial charge in [-0.15, -0.1) is 0 Å². The number of hydrogen-bond acceptors (Lipinski definition) is 4. The van der Waals surface area contributed by atoms with Gasteiger partial charge >= 0.3 is 0 Å². The van der Waals surface area contributed by atoms with E-state index in [4.69, 9.17) is 4.74 Å². The number of aliphatic hydroxyl groups excluding tert-OH is 1. The van der Waals surface area contributed by atoms with Crippen molar-refractivity contribution in [3.05, 3.63) is 90.0 Å². The van der Waals surface area contributed by atoms with Crippen molar-refractivity contribution in [2.24, 2.45) is 0 Å². The second kappa shape index (κ2) is 8.74. The van der Waals surface area contributed by atoms with Crippen LogP contribution in [0.25, 0.3) is 0 Å². The summed E-state index contributed by atoms with van der Waals surface area (Å²) >= 11 is 0. The third-order valence-corrected chi connectivity index (χ3v) is 6.78. The van der Waals surface area contributed by atoms with Gasteiger partial charge in [-0.1, -0.05) is 48.5 Å². The van der Waals surface area contributed by atoms with Crippen LogP contribution in [0, 0.1) is 0 Å². The number of anilines is 1. The lowest BCUT2D eigenvalue weighted by atomic mass is 9.74. The molecule has 4 nitrogen and oxygen atoms in total. The SMILES string of the molecule is OCCN1CC2(CCN(Cc3cccc(Oc4ccccc4)c3)CC2)c2ccccc21. The van der Waals surface area contributed by atoms with E-state index in [9.17, 15) is 5.11 Å². The number of β-amino-alcohol motifs (C(OH)–C–C–N with tert-alkyl or cyclic N) is 1. The first kappa shape index (κ1) is 20.1. The highest BCUT2D eigenvalue weighted by atomic mass is 16.5. The highest BCUT2D eigenvalue weighted by Gasteiger charge is 2.44. The molecule has 3 aromatic carbocycles. The van der Waals surface area contributed by atoms with Crippen molar-refractivity contribution < 1.29 is 9.84 Å². The Morgan fingerprint density at radius 3 is 2.39 bits per heavy atom. The van der Waals surface area contributed by atoms with Crippen LogP contribution in [0.4, 0.5) is 5.69 Å². The molecule has 31 heavy (non-hydrogen) atoms. The van der Waals surface area contributed by atoms with Crippen LogP contribution in [0.1, 0.15) is 24.0 Å². The predicted molar refractivity (Wildman–Crippen MR) is 125 cm³/mol. The molecule has 0 amide bonds. The topological polar surface area (TPSA) is 35.9 Å². The number of para-hydroxylation sites is 2. The average Bonchev–Trinajstić information content (AvgIpc) is 3.10. The van der Waals surface area contributed by atoms with Gasteiger partial charge in [-0.05, 0) is 67.4 Å². The molecule has 2 heterocycles. The number of rotatable bonds is 6. The molecule has 1 saturated heterocycles. The lowest BCUT2D eigenvalue weighted by Crippen LogP contribution is -2.45. The zero-order valence-corrected chi connectivity index (χ0v) is 17.9. The number of aliphatic hydroxyl groups is 1. The van der Waals surface area contributed by atoms with E-state index in [1.807, 2.05) is 36.4 Å². The lowest BCUT2D eigenvalue weighted by molar-refractivity contribution is 0.159. The molecule has 1 spiro atoms. The fraction of sp³-hybridized carbons (Fsp3) is 0.333. The summed E-state index contributed by atoms with van der Waals surface area (Å²) in [6.45, 7) is 5.08. The van der Waals surface area contributed by atoms with Gasteiger partial charge in [-0.2, -0.15) is 0 Å². The maximum Gasteiger partial charge on any atom is 0.127 e. The Bertz CT molecular complexity index is 1010. The first-order chi connectivity index (χ1) is 15.3. The van der Waals surface area contributed by atoms with Crippen molar-refractivity contribution in [3.63, 3.8) is 0 Å². The summed E-state index contributed by atoms with van der Waals surface area (Å²) in [5, 5.41) is 9.50. The summed E-state index contributed by atoms with van der Waals surface area (Å²) in [7, 11) is 0. The molecule has 5 rings (SSSR count). The molecular weight excluding hydrogens is 384 g/mol. The monoisotopic (exact) mass is 414 g/mol. The van der Waals surface area contributed by atoms with Gasteiger partial charge < -0.3 is 14.7 Å². The van der Waals surface area contributed by atoms with Gasteiger partial charge in [-0.3, -0.25) is 4.90 Å². The quantitative estimate of drug-likeness (QED) is 0.627. The van der Waals surface area contributed by atoms with Crippen molar-refractivity contribution in [1.82, 2.24) is 4.90 Å². The summed E-state index contributed by atoms with van der Waals surface area (Å²) in [6.07, 6.45) is 2.32. The van der Waals surface area contributed by atoms with Gasteiger partial charge in [0, 0.05) is 30.7 Å². The molecule has 0 radical (unpaired) electrons. The van der Waals surface area contributed by atoms with Gasteiger partial charge in [0.15, 0.2) is 0 Å². The normalized spacial score (nSPS) is 17.6. The molecule has 0 unspecified atom stereocenters. The number of ether oxygens (including phenoxy) is 1. The minimum atomic E-state index is 0.206. The number of benzene rings is 3.